The van der Waals surface area contributed by atoms with Crippen LogP contribution >= 0.6 is 22.6 Å². The largest absolute Gasteiger partial charge is 0.403 e. The number of hydrogen-bond acceptors (Lipinski definition) is 1. The first kappa shape index (κ1) is 18.4. The molecule has 0 aliphatic heterocycles. The molecular weight excluding hydrogens is 411 g/mol. The van der Waals surface area contributed by atoms with Gasteiger partial charge in [-0.05, 0) is 44.9 Å². The van der Waals surface area contributed by atoms with Gasteiger partial charge in [-0.15, -0.1) is 0 Å². The molecule has 0 radical (unpaired) electrons. The van der Waals surface area contributed by atoms with Gasteiger partial charge in [0.25, 0.3) is 8.32 Å². The van der Waals surface area contributed by atoms with Gasteiger partial charge in [0.1, 0.15) is 0 Å². The van der Waals surface area contributed by atoms with Crippen molar-refractivity contribution in [3.63, 3.8) is 0 Å². The van der Waals surface area contributed by atoms with Crippen LogP contribution in [-0.4, -0.2) is 14.9 Å². The second-order valence-corrected chi connectivity index (χ2v) is 12.4. The van der Waals surface area contributed by atoms with Crippen LogP contribution in [0.5, 0.6) is 0 Å². The number of rotatable bonds is 5. The van der Waals surface area contributed by atoms with Gasteiger partial charge in [-0.25, -0.2) is 0 Å². The molecule has 0 saturated carbocycles. The predicted molar refractivity (Wildman–Crippen MR) is 111 cm³/mol. The van der Waals surface area contributed by atoms with E-state index in [0.29, 0.717) is 6.61 Å². The van der Waals surface area contributed by atoms with E-state index in [1.165, 1.54) is 14.0 Å². The molecule has 0 bridgehead atoms. The summed E-state index contributed by atoms with van der Waals surface area (Å²) in [6.07, 6.45) is 2.12. The van der Waals surface area contributed by atoms with Crippen molar-refractivity contribution in [3.8, 4) is 0 Å². The molecule has 1 nitrogen and oxygen atoms in total. The third-order valence-electron chi connectivity index (χ3n) is 4.16. The molecule has 0 spiro atoms. The van der Waals surface area contributed by atoms with Crippen molar-refractivity contribution < 1.29 is 4.43 Å². The van der Waals surface area contributed by atoms with Crippen LogP contribution in [0.2, 0.25) is 5.04 Å². The smallest absolute Gasteiger partial charge is 0.261 e. The lowest BCUT2D eigenvalue weighted by molar-refractivity contribution is 0.338. The molecule has 0 N–H and O–H groups in total. The maximum absolute atomic E-state index is 6.78. The summed E-state index contributed by atoms with van der Waals surface area (Å²) < 4.78 is 8.03. The third kappa shape index (κ3) is 3.95. The summed E-state index contributed by atoms with van der Waals surface area (Å²) >= 11 is 2.37. The van der Waals surface area contributed by atoms with E-state index < -0.39 is 8.32 Å². The Morgan fingerprint density at radius 1 is 0.957 bits per heavy atom. The Kier molecular flexibility index (Phi) is 6.23. The van der Waals surface area contributed by atoms with Gasteiger partial charge in [-0.2, -0.15) is 0 Å². The highest BCUT2D eigenvalue weighted by Crippen LogP contribution is 2.37. The second-order valence-electron chi connectivity index (χ2n) is 6.69. The maximum Gasteiger partial charge on any atom is 0.261 e. The number of halogens is 1. The van der Waals surface area contributed by atoms with E-state index in [1.54, 1.807) is 0 Å². The van der Waals surface area contributed by atoms with Crippen molar-refractivity contribution in [1.82, 2.24) is 0 Å². The minimum absolute atomic E-state index is 0.0420. The lowest BCUT2D eigenvalue weighted by Gasteiger charge is -2.43. The Hall–Kier alpha value is -0.913. The highest BCUT2D eigenvalue weighted by molar-refractivity contribution is 14.1. The molecule has 2 aromatic carbocycles. The molecule has 0 aliphatic carbocycles. The van der Waals surface area contributed by atoms with E-state index >= 15 is 0 Å². The summed E-state index contributed by atoms with van der Waals surface area (Å²) in [6, 6.07) is 21.6. The summed E-state index contributed by atoms with van der Waals surface area (Å²) in [4.78, 5) is 0. The van der Waals surface area contributed by atoms with Crippen molar-refractivity contribution in [2.75, 3.05) is 6.61 Å². The van der Waals surface area contributed by atoms with Gasteiger partial charge in [-0.3, -0.25) is 0 Å². The molecular formula is C20H25IOSi. The average molecular weight is 436 g/mol. The molecule has 3 heteroatoms. The summed E-state index contributed by atoms with van der Waals surface area (Å²) in [7, 11) is -2.37. The predicted octanol–water partition coefficient (Wildman–Crippen LogP) is 4.90. The van der Waals surface area contributed by atoms with Crippen LogP contribution in [0.1, 0.15) is 27.7 Å². The van der Waals surface area contributed by atoms with E-state index in [0.717, 1.165) is 0 Å². The van der Waals surface area contributed by atoms with Crippen molar-refractivity contribution in [2.45, 2.75) is 32.7 Å². The lowest BCUT2D eigenvalue weighted by atomic mass is 10.2. The molecule has 0 amide bonds. The van der Waals surface area contributed by atoms with Crippen LogP contribution in [0.15, 0.2) is 70.3 Å². The quantitative estimate of drug-likeness (QED) is 0.479. The zero-order valence-electron chi connectivity index (χ0n) is 14.3. The SMILES string of the molecule is C/C=C(\I)CO[Si](c1ccccc1)(c1ccccc1)C(C)(C)C. The topological polar surface area (TPSA) is 9.23 Å². The molecule has 0 aromatic heterocycles. The fraction of sp³-hybridized carbons (Fsp3) is 0.300. The molecule has 23 heavy (non-hydrogen) atoms. The minimum atomic E-state index is -2.37. The highest BCUT2D eigenvalue weighted by atomic mass is 127. The Balaban J connectivity index is 2.64. The molecule has 0 aliphatic rings. The van der Waals surface area contributed by atoms with Gasteiger partial charge in [0.2, 0.25) is 0 Å². The van der Waals surface area contributed by atoms with Gasteiger partial charge in [-0.1, -0.05) is 87.5 Å². The summed E-state index contributed by atoms with van der Waals surface area (Å²) in [6.45, 7) is 9.66. The third-order valence-corrected chi connectivity index (χ3v) is 10.1. The first-order chi connectivity index (χ1) is 10.9. The fourth-order valence-corrected chi connectivity index (χ4v) is 8.00. The van der Waals surface area contributed by atoms with Gasteiger partial charge in [0, 0.05) is 3.58 Å². The van der Waals surface area contributed by atoms with E-state index in [1.807, 2.05) is 0 Å². The standard InChI is InChI=1S/C20H25IOSi/c1-5-17(21)16-22-23(20(2,3)4,18-12-8-6-9-13-18)19-14-10-7-11-15-19/h5-15H,16H2,1-4H3/b17-5-. The molecule has 0 unspecified atom stereocenters. The van der Waals surface area contributed by atoms with Gasteiger partial charge >= 0.3 is 0 Å². The normalized spacial score (nSPS) is 13.2. The lowest BCUT2D eigenvalue weighted by Crippen LogP contribution is -2.66. The van der Waals surface area contributed by atoms with Crippen LogP contribution in [0.4, 0.5) is 0 Å². The number of benzene rings is 2. The Morgan fingerprint density at radius 2 is 1.39 bits per heavy atom. The molecule has 0 saturated heterocycles. The second kappa shape index (κ2) is 7.77. The van der Waals surface area contributed by atoms with Crippen molar-refractivity contribution >= 4 is 41.3 Å². The molecule has 0 heterocycles. The van der Waals surface area contributed by atoms with Crippen LogP contribution in [-0.2, 0) is 4.43 Å². The van der Waals surface area contributed by atoms with E-state index in [4.69, 9.17) is 4.43 Å². The van der Waals surface area contributed by atoms with E-state index in [9.17, 15) is 0 Å². The average Bonchev–Trinajstić information content (AvgIpc) is 2.56. The van der Waals surface area contributed by atoms with Gasteiger partial charge in [0.15, 0.2) is 0 Å². The van der Waals surface area contributed by atoms with Gasteiger partial charge in [0.05, 0.1) is 6.61 Å². The molecule has 2 aromatic rings. The molecule has 0 atom stereocenters. The molecule has 0 fully saturated rings. The first-order valence-electron chi connectivity index (χ1n) is 7.97. The van der Waals surface area contributed by atoms with Crippen molar-refractivity contribution in [2.24, 2.45) is 0 Å². The van der Waals surface area contributed by atoms with Crippen molar-refractivity contribution in [3.05, 3.63) is 70.3 Å². The Bertz CT molecular complexity index is 605. The maximum atomic E-state index is 6.78. The minimum Gasteiger partial charge on any atom is -0.403 e. The fourth-order valence-electron chi connectivity index (χ4n) is 3.02. The Morgan fingerprint density at radius 3 is 1.74 bits per heavy atom. The number of allylic oxidation sites excluding steroid dienone is 1. The molecule has 122 valence electrons. The van der Waals surface area contributed by atoms with Crippen LogP contribution in [0, 0.1) is 0 Å². The number of hydrogen-bond donors (Lipinski definition) is 0. The van der Waals surface area contributed by atoms with Crippen LogP contribution in [0.25, 0.3) is 0 Å². The monoisotopic (exact) mass is 436 g/mol. The van der Waals surface area contributed by atoms with Crippen molar-refractivity contribution in [1.29, 1.82) is 0 Å². The first-order valence-corrected chi connectivity index (χ1v) is 11.0. The summed E-state index contributed by atoms with van der Waals surface area (Å²) in [5.41, 5.74) is 0. The van der Waals surface area contributed by atoms with E-state index in [-0.39, 0.29) is 5.04 Å². The summed E-state index contributed by atoms with van der Waals surface area (Å²) in [5.74, 6) is 0. The van der Waals surface area contributed by atoms with E-state index in [2.05, 4.69) is 117 Å². The molecule has 2 rings (SSSR count). The Labute approximate surface area is 155 Å². The highest BCUT2D eigenvalue weighted by Gasteiger charge is 2.50. The zero-order chi connectivity index (χ0) is 16.9. The van der Waals surface area contributed by atoms with Gasteiger partial charge < -0.3 is 4.43 Å². The zero-order valence-corrected chi connectivity index (χ0v) is 17.5. The summed E-state index contributed by atoms with van der Waals surface area (Å²) in [5, 5.41) is 2.71. The van der Waals surface area contributed by atoms with Crippen LogP contribution < -0.4 is 10.4 Å². The van der Waals surface area contributed by atoms with Crippen LogP contribution in [0.3, 0.4) is 0 Å².